The van der Waals surface area contributed by atoms with Crippen LogP contribution < -0.4 is 11.5 Å². The van der Waals surface area contributed by atoms with E-state index in [0.29, 0.717) is 6.04 Å². The van der Waals surface area contributed by atoms with Gasteiger partial charge < -0.3 is 16.5 Å². The third-order valence-electron chi connectivity index (χ3n) is 4.24. The Kier molecular flexibility index (Phi) is 2.45. The van der Waals surface area contributed by atoms with Crippen LogP contribution in [0.2, 0.25) is 0 Å². The van der Waals surface area contributed by atoms with Gasteiger partial charge in [0.1, 0.15) is 0 Å². The maximum absolute atomic E-state index is 3.68. The van der Waals surface area contributed by atoms with Crippen molar-refractivity contribution in [2.45, 2.75) is 31.2 Å². The van der Waals surface area contributed by atoms with Crippen LogP contribution in [0.4, 0.5) is 0 Å². The molecule has 2 aliphatic rings. The number of hydrogen-bond acceptors (Lipinski definition) is 2. The van der Waals surface area contributed by atoms with E-state index in [9.17, 15) is 0 Å². The van der Waals surface area contributed by atoms with E-state index in [1.807, 2.05) is 0 Å². The first-order valence-corrected chi connectivity index (χ1v) is 6.26. The molecule has 90 valence electrons. The Morgan fingerprint density at radius 3 is 3.12 bits per heavy atom. The van der Waals surface area contributed by atoms with Crippen LogP contribution in [-0.4, -0.2) is 17.6 Å². The number of fused-ring (bicyclic) bond motifs is 2. The van der Waals surface area contributed by atoms with E-state index >= 15 is 0 Å². The molecular formula is C14H19N3. The molecule has 0 spiro atoms. The Bertz CT molecular complexity index is 543. The molecule has 5 N–H and O–H groups in total. The number of aromatic nitrogens is 1. The molecule has 2 aromatic rings. The van der Waals surface area contributed by atoms with Gasteiger partial charge in [-0.3, -0.25) is 0 Å². The van der Waals surface area contributed by atoms with E-state index < -0.39 is 0 Å². The van der Waals surface area contributed by atoms with Gasteiger partial charge in [-0.1, -0.05) is 12.1 Å². The Hall–Kier alpha value is -1.32. The summed E-state index contributed by atoms with van der Waals surface area (Å²) in [7, 11) is 0. The number of benzene rings is 1. The largest absolute Gasteiger partial charge is 0.361 e. The average molecular weight is 229 g/mol. The van der Waals surface area contributed by atoms with Crippen LogP contribution in [0, 0.1) is 0 Å². The predicted octanol–water partition coefficient (Wildman–Crippen LogP) is 2.72. The topological polar surface area (TPSA) is 62.8 Å². The minimum Gasteiger partial charge on any atom is -0.361 e. The molecule has 1 aliphatic heterocycles. The van der Waals surface area contributed by atoms with Crippen molar-refractivity contribution in [3.05, 3.63) is 35.5 Å². The van der Waals surface area contributed by atoms with Crippen molar-refractivity contribution in [2.75, 3.05) is 6.54 Å². The molecule has 17 heavy (non-hydrogen) atoms. The van der Waals surface area contributed by atoms with Gasteiger partial charge >= 0.3 is 0 Å². The van der Waals surface area contributed by atoms with E-state index in [2.05, 4.69) is 34.7 Å². The predicted molar refractivity (Wildman–Crippen MR) is 70.8 cm³/mol. The molecular weight excluding hydrogens is 210 g/mol. The highest BCUT2D eigenvalue weighted by atomic mass is 14.9. The number of aromatic amines is 1. The molecule has 3 nitrogen and oxygen atoms in total. The molecule has 1 aromatic heterocycles. The van der Waals surface area contributed by atoms with E-state index in [-0.39, 0.29) is 6.15 Å². The van der Waals surface area contributed by atoms with E-state index in [1.54, 1.807) is 5.56 Å². The van der Waals surface area contributed by atoms with Crippen LogP contribution in [0.3, 0.4) is 0 Å². The fraction of sp³-hybridized carbons (Fsp3) is 0.429. The first-order chi connectivity index (χ1) is 7.93. The number of H-pyrrole nitrogens is 1. The first-order valence-electron chi connectivity index (χ1n) is 6.26. The van der Waals surface area contributed by atoms with Crippen LogP contribution in [0.5, 0.6) is 0 Å². The summed E-state index contributed by atoms with van der Waals surface area (Å²) in [6, 6.07) is 7.37. The molecule has 1 aliphatic carbocycles. The Labute approximate surface area is 101 Å². The second-order valence-electron chi connectivity index (χ2n) is 5.10. The molecule has 4 rings (SSSR count). The van der Waals surface area contributed by atoms with Crippen molar-refractivity contribution < 1.29 is 0 Å². The Morgan fingerprint density at radius 2 is 2.18 bits per heavy atom. The van der Waals surface area contributed by atoms with Crippen molar-refractivity contribution in [2.24, 2.45) is 0 Å². The van der Waals surface area contributed by atoms with Gasteiger partial charge in [-0.15, -0.1) is 0 Å². The minimum atomic E-state index is 0. The van der Waals surface area contributed by atoms with Crippen LogP contribution in [-0.2, 0) is 6.42 Å². The molecule has 0 bridgehead atoms. The number of nitrogens with one attached hydrogen (secondary N) is 2. The molecule has 1 saturated heterocycles. The molecule has 0 unspecified atom stereocenters. The third-order valence-corrected chi connectivity index (χ3v) is 4.24. The summed E-state index contributed by atoms with van der Waals surface area (Å²) in [4.78, 5) is 3.40. The van der Waals surface area contributed by atoms with Crippen LogP contribution in [0.25, 0.3) is 10.9 Å². The zero-order chi connectivity index (χ0) is 10.5. The van der Waals surface area contributed by atoms with Crippen molar-refractivity contribution in [1.29, 1.82) is 0 Å². The summed E-state index contributed by atoms with van der Waals surface area (Å²) in [5.74, 6) is 0.737. The minimum absolute atomic E-state index is 0. The van der Waals surface area contributed by atoms with Crippen molar-refractivity contribution in [1.82, 2.24) is 16.5 Å². The number of rotatable bonds is 0. The fourth-order valence-corrected chi connectivity index (χ4v) is 3.53. The highest BCUT2D eigenvalue weighted by Gasteiger charge is 2.32. The zero-order valence-electron chi connectivity index (χ0n) is 10.00. The monoisotopic (exact) mass is 229 g/mol. The molecule has 3 heteroatoms. The lowest BCUT2D eigenvalue weighted by molar-refractivity contribution is 0.345. The van der Waals surface area contributed by atoms with Crippen molar-refractivity contribution in [3.8, 4) is 0 Å². The maximum Gasteiger partial charge on any atom is 0.0459 e. The van der Waals surface area contributed by atoms with Crippen LogP contribution in [0.15, 0.2) is 24.4 Å². The quantitative estimate of drug-likeness (QED) is 0.650. The SMILES string of the molecule is N.c1cc2c3c(c[nH]c3c1)C[C@H]1NCCC[C@H]21. The summed E-state index contributed by atoms with van der Waals surface area (Å²) >= 11 is 0. The standard InChI is InChI=1S/C14H16N2.H3N/c1-3-11-10-4-2-6-15-13(10)7-9-8-16-12(5-1)14(9)11;/h1,3,5,8,10,13,15-16H,2,4,6-7H2;1H3/t10-,13-;/m1./s1. The smallest absolute Gasteiger partial charge is 0.0459 e. The van der Waals surface area contributed by atoms with Gasteiger partial charge in [0.25, 0.3) is 0 Å². The van der Waals surface area contributed by atoms with Crippen LogP contribution in [0.1, 0.15) is 29.9 Å². The molecule has 0 amide bonds. The summed E-state index contributed by atoms with van der Waals surface area (Å²) < 4.78 is 0. The van der Waals surface area contributed by atoms with Gasteiger partial charge in [0, 0.05) is 29.1 Å². The van der Waals surface area contributed by atoms with Gasteiger partial charge in [0.05, 0.1) is 0 Å². The lowest BCUT2D eigenvalue weighted by Crippen LogP contribution is -2.43. The third kappa shape index (κ3) is 1.43. The van der Waals surface area contributed by atoms with Gasteiger partial charge in [-0.2, -0.15) is 0 Å². The summed E-state index contributed by atoms with van der Waals surface area (Å²) in [5.41, 5.74) is 4.38. The van der Waals surface area contributed by atoms with Gasteiger partial charge in [-0.05, 0) is 43.0 Å². The first kappa shape index (κ1) is 10.8. The molecule has 2 heterocycles. The highest BCUT2D eigenvalue weighted by molar-refractivity contribution is 5.88. The molecule has 2 atom stereocenters. The lowest BCUT2D eigenvalue weighted by Gasteiger charge is -2.36. The van der Waals surface area contributed by atoms with Gasteiger partial charge in [0.15, 0.2) is 0 Å². The van der Waals surface area contributed by atoms with Crippen molar-refractivity contribution >= 4 is 10.9 Å². The molecule has 0 radical (unpaired) electrons. The fourth-order valence-electron chi connectivity index (χ4n) is 3.53. The molecule has 1 aromatic carbocycles. The second-order valence-corrected chi connectivity index (χ2v) is 5.10. The Balaban J connectivity index is 0.000000902. The van der Waals surface area contributed by atoms with E-state index in [1.165, 1.54) is 42.3 Å². The van der Waals surface area contributed by atoms with Crippen LogP contribution >= 0.6 is 0 Å². The summed E-state index contributed by atoms with van der Waals surface area (Å²) in [6.45, 7) is 1.19. The number of hydrogen-bond donors (Lipinski definition) is 3. The highest BCUT2D eigenvalue weighted by Crippen LogP contribution is 2.40. The van der Waals surface area contributed by atoms with Gasteiger partial charge in [-0.25, -0.2) is 0 Å². The summed E-state index contributed by atoms with van der Waals surface area (Å²) in [5, 5.41) is 5.19. The molecule has 0 saturated carbocycles. The maximum atomic E-state index is 3.68. The second kappa shape index (κ2) is 3.86. The normalized spacial score (nSPS) is 26.4. The molecule has 1 fully saturated rings. The van der Waals surface area contributed by atoms with Crippen molar-refractivity contribution in [3.63, 3.8) is 0 Å². The van der Waals surface area contributed by atoms with Gasteiger partial charge in [0.2, 0.25) is 0 Å². The van der Waals surface area contributed by atoms with E-state index in [0.717, 1.165) is 5.92 Å². The Morgan fingerprint density at radius 1 is 1.24 bits per heavy atom. The number of piperidine rings is 1. The summed E-state index contributed by atoms with van der Waals surface area (Å²) in [6.07, 6.45) is 6.06. The lowest BCUT2D eigenvalue weighted by atomic mass is 9.76. The van der Waals surface area contributed by atoms with E-state index in [4.69, 9.17) is 0 Å². The zero-order valence-corrected chi connectivity index (χ0v) is 10.00. The average Bonchev–Trinajstić information content (AvgIpc) is 2.75.